The van der Waals surface area contributed by atoms with Crippen LogP contribution in [0.3, 0.4) is 0 Å². The van der Waals surface area contributed by atoms with Crippen molar-refractivity contribution in [3.8, 4) is 11.5 Å². The summed E-state index contributed by atoms with van der Waals surface area (Å²) in [7, 11) is 1.67. The number of alkyl halides is 2. The van der Waals surface area contributed by atoms with E-state index < -0.39 is 6.61 Å². The number of aryl methyl sites for hydroxylation is 2. The summed E-state index contributed by atoms with van der Waals surface area (Å²) in [6, 6.07) is 8.08. The molecule has 0 atom stereocenters. The van der Waals surface area contributed by atoms with Crippen molar-refractivity contribution in [3.05, 3.63) is 64.7 Å². The van der Waals surface area contributed by atoms with Gasteiger partial charge >= 0.3 is 6.61 Å². The molecule has 1 amide bonds. The maximum absolute atomic E-state index is 13.2. The van der Waals surface area contributed by atoms with E-state index in [0.717, 1.165) is 17.0 Å². The predicted molar refractivity (Wildman–Crippen MR) is 120 cm³/mol. The first-order valence-corrected chi connectivity index (χ1v) is 11.2. The molecule has 0 N–H and O–H groups in total. The van der Waals surface area contributed by atoms with Crippen LogP contribution in [0, 0.1) is 13.8 Å². The summed E-state index contributed by atoms with van der Waals surface area (Å²) < 4.78 is 40.4. The molecule has 0 radical (unpaired) electrons. The SMILES string of the molecule is CCOc1cc(CN(C)C(=O)c2cccnc2SCc2c(C)noc2C)ccc1OC(F)F. The Morgan fingerprint density at radius 2 is 2.03 bits per heavy atom. The number of ether oxygens (including phenoxy) is 2. The van der Waals surface area contributed by atoms with Gasteiger partial charge in [-0.2, -0.15) is 8.78 Å². The Morgan fingerprint density at radius 3 is 2.70 bits per heavy atom. The van der Waals surface area contributed by atoms with Crippen LogP contribution >= 0.6 is 11.8 Å². The van der Waals surface area contributed by atoms with Crippen molar-refractivity contribution in [2.45, 2.75) is 44.7 Å². The highest BCUT2D eigenvalue weighted by Gasteiger charge is 2.20. The number of thioether (sulfide) groups is 1. The molecule has 0 saturated heterocycles. The van der Waals surface area contributed by atoms with Crippen LogP contribution in [0.1, 0.15) is 39.9 Å². The van der Waals surface area contributed by atoms with Gasteiger partial charge in [0.05, 0.1) is 17.9 Å². The molecule has 0 aliphatic carbocycles. The van der Waals surface area contributed by atoms with E-state index in [1.54, 1.807) is 44.4 Å². The van der Waals surface area contributed by atoms with Crippen LogP contribution in [0.5, 0.6) is 11.5 Å². The lowest BCUT2D eigenvalue weighted by molar-refractivity contribution is -0.0514. The Balaban J connectivity index is 1.74. The third-order valence-electron chi connectivity index (χ3n) is 4.83. The second kappa shape index (κ2) is 11.1. The van der Waals surface area contributed by atoms with E-state index in [1.807, 2.05) is 13.8 Å². The van der Waals surface area contributed by atoms with Gasteiger partial charge in [-0.15, -0.1) is 11.8 Å². The molecule has 0 saturated carbocycles. The molecule has 7 nitrogen and oxygen atoms in total. The Labute approximate surface area is 195 Å². The first kappa shape index (κ1) is 24.5. The van der Waals surface area contributed by atoms with E-state index in [2.05, 4.69) is 14.9 Å². The van der Waals surface area contributed by atoms with Gasteiger partial charge in [0, 0.05) is 31.1 Å². The van der Waals surface area contributed by atoms with Crippen molar-refractivity contribution in [2.75, 3.05) is 13.7 Å². The molecule has 0 fully saturated rings. The largest absolute Gasteiger partial charge is 0.490 e. The summed E-state index contributed by atoms with van der Waals surface area (Å²) in [5, 5.41) is 4.56. The summed E-state index contributed by atoms with van der Waals surface area (Å²) in [4.78, 5) is 19.1. The van der Waals surface area contributed by atoms with Crippen molar-refractivity contribution < 1.29 is 27.6 Å². The lowest BCUT2D eigenvalue weighted by Crippen LogP contribution is -2.27. The van der Waals surface area contributed by atoms with Gasteiger partial charge in [0.15, 0.2) is 11.5 Å². The van der Waals surface area contributed by atoms with E-state index in [1.165, 1.54) is 22.7 Å². The van der Waals surface area contributed by atoms with Crippen molar-refractivity contribution in [1.29, 1.82) is 0 Å². The van der Waals surface area contributed by atoms with Crippen LogP contribution in [0.2, 0.25) is 0 Å². The molecule has 0 aliphatic heterocycles. The number of hydrogen-bond acceptors (Lipinski definition) is 7. The van der Waals surface area contributed by atoms with Crippen LogP contribution in [0.4, 0.5) is 8.78 Å². The number of rotatable bonds is 10. The first-order valence-electron chi connectivity index (χ1n) is 10.3. The fourth-order valence-corrected chi connectivity index (χ4v) is 4.32. The van der Waals surface area contributed by atoms with E-state index >= 15 is 0 Å². The Hall–Kier alpha value is -3.14. The van der Waals surface area contributed by atoms with E-state index in [4.69, 9.17) is 9.26 Å². The summed E-state index contributed by atoms with van der Waals surface area (Å²) in [6.45, 7) is 3.06. The number of hydrogen-bond donors (Lipinski definition) is 0. The zero-order chi connectivity index (χ0) is 24.0. The van der Waals surface area contributed by atoms with Crippen LogP contribution in [0.25, 0.3) is 0 Å². The van der Waals surface area contributed by atoms with E-state index in [0.29, 0.717) is 28.5 Å². The zero-order valence-corrected chi connectivity index (χ0v) is 19.6. The van der Waals surface area contributed by atoms with Gasteiger partial charge in [-0.25, -0.2) is 4.98 Å². The Kier molecular flexibility index (Phi) is 8.26. The summed E-state index contributed by atoms with van der Waals surface area (Å²) in [6.07, 6.45) is 1.64. The molecule has 0 spiro atoms. The minimum absolute atomic E-state index is 0.0464. The fourth-order valence-electron chi connectivity index (χ4n) is 3.18. The number of benzene rings is 1. The molecule has 0 aliphatic rings. The molecular weight excluding hydrogens is 452 g/mol. The van der Waals surface area contributed by atoms with Crippen molar-refractivity contribution in [2.24, 2.45) is 0 Å². The Bertz CT molecular complexity index is 1090. The summed E-state index contributed by atoms with van der Waals surface area (Å²) >= 11 is 1.44. The van der Waals surface area contributed by atoms with Gasteiger partial charge in [-0.1, -0.05) is 11.2 Å². The Morgan fingerprint density at radius 1 is 1.24 bits per heavy atom. The van der Waals surface area contributed by atoms with Crippen LogP contribution in [-0.2, 0) is 12.3 Å². The van der Waals surface area contributed by atoms with Gasteiger partial charge in [0.1, 0.15) is 10.8 Å². The van der Waals surface area contributed by atoms with Crippen LogP contribution < -0.4 is 9.47 Å². The average Bonchev–Trinajstić information content (AvgIpc) is 3.11. The van der Waals surface area contributed by atoms with Gasteiger partial charge in [-0.05, 0) is 50.6 Å². The molecule has 176 valence electrons. The molecule has 2 aromatic heterocycles. The fraction of sp³-hybridized carbons (Fsp3) is 0.348. The number of carbonyl (C=O) groups excluding carboxylic acids is 1. The third kappa shape index (κ3) is 6.22. The second-order valence-corrected chi connectivity index (χ2v) is 8.17. The average molecular weight is 478 g/mol. The van der Waals surface area contributed by atoms with Gasteiger partial charge < -0.3 is 18.9 Å². The summed E-state index contributed by atoms with van der Waals surface area (Å²) in [5.41, 5.74) is 2.97. The molecule has 3 aromatic rings. The lowest BCUT2D eigenvalue weighted by atomic mass is 10.1. The molecule has 3 rings (SSSR count). The van der Waals surface area contributed by atoms with Crippen molar-refractivity contribution >= 4 is 17.7 Å². The molecule has 0 bridgehead atoms. The monoisotopic (exact) mass is 477 g/mol. The molecule has 0 unspecified atom stereocenters. The van der Waals surface area contributed by atoms with Gasteiger partial charge in [0.2, 0.25) is 0 Å². The number of carbonyl (C=O) groups is 1. The minimum Gasteiger partial charge on any atom is -0.490 e. The predicted octanol–water partition coefficient (Wildman–Crippen LogP) is 5.25. The lowest BCUT2D eigenvalue weighted by Gasteiger charge is -2.20. The molecule has 2 heterocycles. The quantitative estimate of drug-likeness (QED) is 0.369. The smallest absolute Gasteiger partial charge is 0.387 e. The molecule has 33 heavy (non-hydrogen) atoms. The summed E-state index contributed by atoms with van der Waals surface area (Å²) in [5.74, 6) is 1.26. The van der Waals surface area contributed by atoms with E-state index in [-0.39, 0.29) is 24.0 Å². The third-order valence-corrected chi connectivity index (χ3v) is 5.86. The number of amides is 1. The first-order chi connectivity index (χ1) is 15.8. The second-order valence-electron chi connectivity index (χ2n) is 7.20. The molecule has 1 aromatic carbocycles. The zero-order valence-electron chi connectivity index (χ0n) is 18.8. The maximum Gasteiger partial charge on any atom is 0.387 e. The van der Waals surface area contributed by atoms with Gasteiger partial charge in [0.25, 0.3) is 5.91 Å². The number of nitrogens with zero attached hydrogens (tertiary/aromatic N) is 3. The maximum atomic E-state index is 13.2. The number of aromatic nitrogens is 2. The topological polar surface area (TPSA) is 77.7 Å². The highest BCUT2D eigenvalue weighted by molar-refractivity contribution is 7.98. The van der Waals surface area contributed by atoms with Crippen molar-refractivity contribution in [1.82, 2.24) is 15.0 Å². The minimum atomic E-state index is -2.95. The molecular formula is C23H25F2N3O4S. The van der Waals surface area contributed by atoms with Crippen LogP contribution in [-0.4, -0.2) is 41.2 Å². The van der Waals surface area contributed by atoms with Crippen molar-refractivity contribution in [3.63, 3.8) is 0 Å². The van der Waals surface area contributed by atoms with Crippen LogP contribution in [0.15, 0.2) is 46.1 Å². The highest BCUT2D eigenvalue weighted by Crippen LogP contribution is 2.31. The highest BCUT2D eigenvalue weighted by atomic mass is 32.2. The normalized spacial score (nSPS) is 11.0. The van der Waals surface area contributed by atoms with E-state index in [9.17, 15) is 13.6 Å². The number of pyridine rings is 1. The van der Waals surface area contributed by atoms with Gasteiger partial charge in [-0.3, -0.25) is 4.79 Å². The number of halogens is 2. The standard InChI is InChI=1S/C23H25F2N3O4S/c1-5-30-20-11-16(8-9-19(20)31-23(24)25)12-28(4)22(29)17-7-6-10-26-21(17)33-13-18-14(2)27-32-15(18)3/h6-11,23H,5,12-13H2,1-4H3. The molecule has 10 heteroatoms.